The van der Waals surface area contributed by atoms with Gasteiger partial charge in [-0.05, 0) is 56.9 Å². The lowest BCUT2D eigenvalue weighted by Gasteiger charge is -2.30. The molecule has 1 N–H and O–H groups in total. The average Bonchev–Trinajstić information content (AvgIpc) is 2.68. The molecule has 1 saturated heterocycles. The Morgan fingerprint density at radius 3 is 2.64 bits per heavy atom. The summed E-state index contributed by atoms with van der Waals surface area (Å²) >= 11 is 0. The Kier molecular flexibility index (Phi) is 6.29. The van der Waals surface area contributed by atoms with E-state index in [2.05, 4.69) is 17.2 Å². The number of rotatable bonds is 5. The van der Waals surface area contributed by atoms with Crippen LogP contribution < -0.4 is 10.1 Å². The third-order valence-electron chi connectivity index (χ3n) is 4.64. The number of anilines is 1. The van der Waals surface area contributed by atoms with Gasteiger partial charge in [-0.3, -0.25) is 9.59 Å². The van der Waals surface area contributed by atoms with E-state index in [-0.39, 0.29) is 23.6 Å². The minimum atomic E-state index is -0.374. The Hall–Kier alpha value is -2.89. The molecule has 1 atom stereocenters. The first kappa shape index (κ1) is 19.9. The van der Waals surface area contributed by atoms with Crippen molar-refractivity contribution in [2.45, 2.75) is 39.7 Å². The summed E-state index contributed by atoms with van der Waals surface area (Å²) in [5.41, 5.74) is 1.08. The highest BCUT2D eigenvalue weighted by atomic mass is 16.5. The number of pyridine rings is 1. The minimum Gasteiger partial charge on any atom is -0.489 e. The Bertz CT molecular complexity index is 850. The number of para-hydroxylation sites is 2. The van der Waals surface area contributed by atoms with Crippen LogP contribution in [-0.4, -0.2) is 40.9 Å². The first-order chi connectivity index (χ1) is 13.4. The van der Waals surface area contributed by atoms with Crippen LogP contribution in [0.15, 0.2) is 42.5 Å². The van der Waals surface area contributed by atoms with Crippen LogP contribution in [0.4, 0.5) is 5.69 Å². The van der Waals surface area contributed by atoms with Crippen molar-refractivity contribution in [2.75, 3.05) is 18.4 Å². The third kappa shape index (κ3) is 4.88. The molecule has 2 aromatic rings. The molecule has 148 valence electrons. The maximum Gasteiger partial charge on any atom is 0.274 e. The third-order valence-corrected chi connectivity index (χ3v) is 4.64. The number of amides is 2. The highest BCUT2D eigenvalue weighted by Crippen LogP contribution is 2.25. The van der Waals surface area contributed by atoms with E-state index in [0.717, 1.165) is 25.9 Å². The summed E-state index contributed by atoms with van der Waals surface area (Å²) in [6.45, 7) is 7.47. The first-order valence-corrected chi connectivity index (χ1v) is 9.77. The molecule has 0 radical (unpaired) electrons. The topological polar surface area (TPSA) is 71.5 Å². The number of nitrogens with one attached hydrogen (secondary N) is 1. The highest BCUT2D eigenvalue weighted by Gasteiger charge is 2.23. The van der Waals surface area contributed by atoms with E-state index in [1.807, 2.05) is 30.9 Å². The Labute approximate surface area is 165 Å². The van der Waals surface area contributed by atoms with Gasteiger partial charge < -0.3 is 15.0 Å². The maximum absolute atomic E-state index is 12.8. The first-order valence-electron chi connectivity index (χ1n) is 9.77. The maximum atomic E-state index is 12.8. The number of carbonyl (C=O) groups is 2. The number of hydrogen-bond donors (Lipinski definition) is 1. The molecular formula is C22H27N3O3. The lowest BCUT2D eigenvalue weighted by molar-refractivity contribution is 0.0677. The highest BCUT2D eigenvalue weighted by molar-refractivity contribution is 6.04. The molecule has 1 aliphatic heterocycles. The molecule has 0 spiro atoms. The molecular weight excluding hydrogens is 354 g/mol. The molecule has 1 aliphatic rings. The van der Waals surface area contributed by atoms with Crippen molar-refractivity contribution in [3.63, 3.8) is 0 Å². The van der Waals surface area contributed by atoms with Crippen molar-refractivity contribution >= 4 is 17.5 Å². The molecule has 6 heteroatoms. The fourth-order valence-corrected chi connectivity index (χ4v) is 3.33. The molecule has 2 amide bonds. The molecule has 2 heterocycles. The monoisotopic (exact) mass is 381 g/mol. The van der Waals surface area contributed by atoms with Gasteiger partial charge in [0.05, 0.1) is 11.8 Å². The van der Waals surface area contributed by atoms with Gasteiger partial charge in [-0.25, -0.2) is 4.98 Å². The van der Waals surface area contributed by atoms with Gasteiger partial charge in [0.15, 0.2) is 0 Å². The number of benzene rings is 1. The van der Waals surface area contributed by atoms with Gasteiger partial charge in [-0.1, -0.05) is 25.1 Å². The quantitative estimate of drug-likeness (QED) is 0.850. The smallest absolute Gasteiger partial charge is 0.274 e. The normalized spacial score (nSPS) is 16.7. The van der Waals surface area contributed by atoms with Crippen LogP contribution in [0, 0.1) is 5.92 Å². The van der Waals surface area contributed by atoms with E-state index in [4.69, 9.17) is 4.74 Å². The molecule has 6 nitrogen and oxygen atoms in total. The number of carbonyl (C=O) groups excluding carboxylic acids is 2. The van der Waals surface area contributed by atoms with Crippen LogP contribution in [0.3, 0.4) is 0 Å². The van der Waals surface area contributed by atoms with Crippen LogP contribution >= 0.6 is 0 Å². The van der Waals surface area contributed by atoms with Gasteiger partial charge in [0.2, 0.25) is 0 Å². The van der Waals surface area contributed by atoms with Crippen LogP contribution in [0.2, 0.25) is 0 Å². The number of piperidine rings is 1. The van der Waals surface area contributed by atoms with Gasteiger partial charge in [0, 0.05) is 13.1 Å². The van der Waals surface area contributed by atoms with Crippen LogP contribution in [0.25, 0.3) is 0 Å². The molecule has 0 saturated carbocycles. The van der Waals surface area contributed by atoms with Crippen LogP contribution in [0.5, 0.6) is 5.75 Å². The second-order valence-electron chi connectivity index (χ2n) is 7.52. The summed E-state index contributed by atoms with van der Waals surface area (Å²) in [6.07, 6.45) is 2.13. The van der Waals surface area contributed by atoms with Gasteiger partial charge >= 0.3 is 0 Å². The summed E-state index contributed by atoms with van der Waals surface area (Å²) in [5, 5.41) is 2.83. The Balaban J connectivity index is 1.75. The van der Waals surface area contributed by atoms with Crippen molar-refractivity contribution < 1.29 is 14.3 Å². The van der Waals surface area contributed by atoms with E-state index in [9.17, 15) is 9.59 Å². The fourth-order valence-electron chi connectivity index (χ4n) is 3.33. The predicted molar refractivity (Wildman–Crippen MR) is 109 cm³/mol. The summed E-state index contributed by atoms with van der Waals surface area (Å²) in [4.78, 5) is 31.6. The SMILES string of the molecule is CC1CCCN(C(=O)c2cccc(C(=O)Nc3ccccc3OC(C)C)n2)C1. The number of hydrogen-bond acceptors (Lipinski definition) is 4. The van der Waals surface area contributed by atoms with Crippen molar-refractivity contribution in [3.05, 3.63) is 53.9 Å². The van der Waals surface area contributed by atoms with Crippen molar-refractivity contribution in [1.29, 1.82) is 0 Å². The Morgan fingerprint density at radius 2 is 1.89 bits per heavy atom. The lowest BCUT2D eigenvalue weighted by atomic mass is 10.00. The molecule has 1 unspecified atom stereocenters. The van der Waals surface area contributed by atoms with E-state index in [1.165, 1.54) is 0 Å². The molecule has 0 bridgehead atoms. The van der Waals surface area contributed by atoms with Gasteiger partial charge in [0.1, 0.15) is 17.1 Å². The van der Waals surface area contributed by atoms with Crippen molar-refractivity contribution in [2.24, 2.45) is 5.92 Å². The standard InChI is InChI=1S/C22H27N3O3/c1-15(2)28-20-12-5-4-9-17(20)24-21(26)18-10-6-11-19(23-18)22(27)25-13-7-8-16(3)14-25/h4-6,9-12,15-16H,7-8,13-14H2,1-3H3,(H,24,26). The molecule has 1 aromatic carbocycles. The average molecular weight is 381 g/mol. The second-order valence-corrected chi connectivity index (χ2v) is 7.52. The largest absolute Gasteiger partial charge is 0.489 e. The van der Waals surface area contributed by atoms with E-state index < -0.39 is 0 Å². The minimum absolute atomic E-state index is 0.0101. The fraction of sp³-hybridized carbons (Fsp3) is 0.409. The van der Waals surface area contributed by atoms with Gasteiger partial charge in [-0.2, -0.15) is 0 Å². The molecule has 0 aliphatic carbocycles. The number of nitrogens with zero attached hydrogens (tertiary/aromatic N) is 2. The van der Waals surface area contributed by atoms with E-state index in [0.29, 0.717) is 23.0 Å². The molecule has 1 aromatic heterocycles. The van der Waals surface area contributed by atoms with Crippen molar-refractivity contribution in [1.82, 2.24) is 9.88 Å². The summed E-state index contributed by atoms with van der Waals surface area (Å²) in [7, 11) is 0. The molecule has 3 rings (SSSR count). The zero-order valence-electron chi connectivity index (χ0n) is 16.6. The van der Waals surface area contributed by atoms with E-state index in [1.54, 1.807) is 30.3 Å². The number of aromatic nitrogens is 1. The number of likely N-dealkylation sites (tertiary alicyclic amines) is 1. The van der Waals surface area contributed by atoms with Gasteiger partial charge in [-0.15, -0.1) is 0 Å². The predicted octanol–water partition coefficient (Wildman–Crippen LogP) is 3.99. The summed E-state index contributed by atoms with van der Waals surface area (Å²) in [6, 6.07) is 12.2. The van der Waals surface area contributed by atoms with Gasteiger partial charge in [0.25, 0.3) is 11.8 Å². The Morgan fingerprint density at radius 1 is 1.14 bits per heavy atom. The van der Waals surface area contributed by atoms with E-state index >= 15 is 0 Å². The second kappa shape index (κ2) is 8.87. The number of ether oxygens (including phenoxy) is 1. The summed E-state index contributed by atoms with van der Waals surface area (Å²) in [5.74, 6) is 0.591. The van der Waals surface area contributed by atoms with Crippen LogP contribution in [-0.2, 0) is 0 Å². The molecule has 1 fully saturated rings. The van der Waals surface area contributed by atoms with Crippen LogP contribution in [0.1, 0.15) is 54.6 Å². The summed E-state index contributed by atoms with van der Waals surface area (Å²) < 4.78 is 5.74. The lowest BCUT2D eigenvalue weighted by Crippen LogP contribution is -2.39. The zero-order chi connectivity index (χ0) is 20.1. The zero-order valence-corrected chi connectivity index (χ0v) is 16.6. The van der Waals surface area contributed by atoms with Crippen molar-refractivity contribution in [3.8, 4) is 5.75 Å². The molecule has 28 heavy (non-hydrogen) atoms.